The Labute approximate surface area is 111 Å². The van der Waals surface area contributed by atoms with E-state index in [4.69, 9.17) is 5.73 Å². The van der Waals surface area contributed by atoms with Crippen molar-refractivity contribution in [3.8, 4) is 0 Å². The topological polar surface area (TPSA) is 29.3 Å². The number of nitrogens with two attached hydrogens (primary N) is 1. The summed E-state index contributed by atoms with van der Waals surface area (Å²) in [6, 6.07) is 10.7. The van der Waals surface area contributed by atoms with E-state index in [1.165, 1.54) is 37.7 Å². The number of likely N-dealkylation sites (N-methyl/N-ethyl adjacent to an activating group) is 1. The highest BCUT2D eigenvalue weighted by Crippen LogP contribution is 2.27. The highest BCUT2D eigenvalue weighted by molar-refractivity contribution is 5.14. The van der Waals surface area contributed by atoms with Crippen molar-refractivity contribution in [2.45, 2.75) is 51.1 Å². The molecular weight excluding hydrogens is 220 g/mol. The third-order valence-corrected chi connectivity index (χ3v) is 4.08. The molecule has 0 heterocycles. The fraction of sp³-hybridized carbons (Fsp3) is 0.625. The number of hydrogen-bond donors (Lipinski definition) is 1. The molecule has 1 aliphatic rings. The van der Waals surface area contributed by atoms with E-state index in [9.17, 15) is 0 Å². The summed E-state index contributed by atoms with van der Waals surface area (Å²) in [7, 11) is 0. The zero-order chi connectivity index (χ0) is 12.8. The lowest BCUT2D eigenvalue weighted by molar-refractivity contribution is 0.172. The Morgan fingerprint density at radius 2 is 1.78 bits per heavy atom. The van der Waals surface area contributed by atoms with E-state index in [-0.39, 0.29) is 5.54 Å². The molecule has 0 aliphatic heterocycles. The molecule has 0 bridgehead atoms. The summed E-state index contributed by atoms with van der Waals surface area (Å²) in [6.07, 6.45) is 6.36. The highest BCUT2D eigenvalue weighted by Gasteiger charge is 2.29. The van der Waals surface area contributed by atoms with Gasteiger partial charge in [-0.2, -0.15) is 0 Å². The average molecular weight is 246 g/mol. The fourth-order valence-electron chi connectivity index (χ4n) is 2.98. The lowest BCUT2D eigenvalue weighted by atomic mass is 9.82. The third kappa shape index (κ3) is 3.82. The van der Waals surface area contributed by atoms with E-state index < -0.39 is 0 Å². The number of rotatable bonds is 5. The monoisotopic (exact) mass is 246 g/mol. The quantitative estimate of drug-likeness (QED) is 0.864. The number of hydrogen-bond acceptors (Lipinski definition) is 2. The lowest BCUT2D eigenvalue weighted by Gasteiger charge is -2.38. The minimum atomic E-state index is 0.0586. The zero-order valence-corrected chi connectivity index (χ0v) is 11.6. The van der Waals surface area contributed by atoms with Gasteiger partial charge in [0.15, 0.2) is 0 Å². The molecule has 0 unspecified atom stereocenters. The van der Waals surface area contributed by atoms with Crippen LogP contribution in [0.1, 0.15) is 44.6 Å². The average Bonchev–Trinajstić information content (AvgIpc) is 2.40. The van der Waals surface area contributed by atoms with Gasteiger partial charge in [-0.3, -0.25) is 4.90 Å². The van der Waals surface area contributed by atoms with Crippen LogP contribution in [0.15, 0.2) is 30.3 Å². The van der Waals surface area contributed by atoms with E-state index in [1.54, 1.807) is 0 Å². The molecule has 2 rings (SSSR count). The summed E-state index contributed by atoms with van der Waals surface area (Å²) < 4.78 is 0. The van der Waals surface area contributed by atoms with Crippen LogP contribution in [0.3, 0.4) is 0 Å². The second kappa shape index (κ2) is 6.35. The molecule has 2 nitrogen and oxygen atoms in total. The number of nitrogens with zero attached hydrogens (tertiary/aromatic N) is 1. The first-order valence-electron chi connectivity index (χ1n) is 7.27. The normalized spacial score (nSPS) is 19.1. The molecule has 18 heavy (non-hydrogen) atoms. The van der Waals surface area contributed by atoms with Crippen LogP contribution < -0.4 is 5.73 Å². The highest BCUT2D eigenvalue weighted by atomic mass is 15.1. The molecule has 2 N–H and O–H groups in total. The van der Waals surface area contributed by atoms with Gasteiger partial charge in [0.25, 0.3) is 0 Å². The summed E-state index contributed by atoms with van der Waals surface area (Å²) in [6.45, 7) is 5.37. The number of benzene rings is 1. The molecular formula is C16H26N2. The third-order valence-electron chi connectivity index (χ3n) is 4.08. The van der Waals surface area contributed by atoms with Gasteiger partial charge in [-0.25, -0.2) is 0 Å². The molecule has 0 saturated heterocycles. The Morgan fingerprint density at radius 1 is 1.11 bits per heavy atom. The lowest BCUT2D eigenvalue weighted by Crippen LogP contribution is -2.51. The summed E-state index contributed by atoms with van der Waals surface area (Å²) in [4.78, 5) is 2.49. The van der Waals surface area contributed by atoms with Crippen LogP contribution in [0, 0.1) is 0 Å². The Hall–Kier alpha value is -0.860. The van der Waals surface area contributed by atoms with Crippen LogP contribution in [0.5, 0.6) is 0 Å². The van der Waals surface area contributed by atoms with Crippen molar-refractivity contribution in [1.82, 2.24) is 4.90 Å². The van der Waals surface area contributed by atoms with Gasteiger partial charge in [0.2, 0.25) is 0 Å². The summed E-state index contributed by atoms with van der Waals surface area (Å²) in [5.74, 6) is 0. The van der Waals surface area contributed by atoms with E-state index in [2.05, 4.69) is 42.2 Å². The predicted octanol–water partition coefficient (Wildman–Crippen LogP) is 3.17. The van der Waals surface area contributed by atoms with Crippen molar-refractivity contribution < 1.29 is 0 Å². The van der Waals surface area contributed by atoms with Crippen LogP contribution in [0.2, 0.25) is 0 Å². The molecule has 0 radical (unpaired) electrons. The van der Waals surface area contributed by atoms with E-state index in [0.29, 0.717) is 0 Å². The van der Waals surface area contributed by atoms with Crippen molar-refractivity contribution in [2.75, 3.05) is 13.1 Å². The molecule has 1 aromatic carbocycles. The summed E-state index contributed by atoms with van der Waals surface area (Å²) >= 11 is 0. The zero-order valence-electron chi connectivity index (χ0n) is 11.6. The van der Waals surface area contributed by atoms with Crippen molar-refractivity contribution in [2.24, 2.45) is 5.73 Å². The second-order valence-electron chi connectivity index (χ2n) is 5.71. The van der Waals surface area contributed by atoms with Gasteiger partial charge in [0, 0.05) is 18.6 Å². The minimum absolute atomic E-state index is 0.0586. The van der Waals surface area contributed by atoms with E-state index in [0.717, 1.165) is 19.6 Å². The molecule has 0 aromatic heterocycles. The standard InChI is InChI=1S/C16H26N2/c1-2-18(13-15-9-5-3-6-10-15)14-16(17)11-7-4-8-12-16/h3,5-6,9-10H,2,4,7-8,11-14,17H2,1H3. The van der Waals surface area contributed by atoms with Crippen LogP contribution in [-0.2, 0) is 6.54 Å². The molecule has 0 amide bonds. The predicted molar refractivity (Wildman–Crippen MR) is 77.4 cm³/mol. The summed E-state index contributed by atoms with van der Waals surface area (Å²) in [5, 5.41) is 0. The molecule has 1 fully saturated rings. The molecule has 1 aliphatic carbocycles. The summed E-state index contributed by atoms with van der Waals surface area (Å²) in [5.41, 5.74) is 7.99. The first kappa shape index (κ1) is 13.6. The molecule has 1 aromatic rings. The largest absolute Gasteiger partial charge is 0.324 e. The van der Waals surface area contributed by atoms with Crippen molar-refractivity contribution >= 4 is 0 Å². The van der Waals surface area contributed by atoms with E-state index in [1.807, 2.05) is 0 Å². The van der Waals surface area contributed by atoms with Gasteiger partial charge in [-0.1, -0.05) is 56.5 Å². The molecule has 2 heteroatoms. The minimum Gasteiger partial charge on any atom is -0.324 e. The fourth-order valence-corrected chi connectivity index (χ4v) is 2.98. The molecule has 100 valence electrons. The van der Waals surface area contributed by atoms with Crippen molar-refractivity contribution in [1.29, 1.82) is 0 Å². The van der Waals surface area contributed by atoms with Crippen LogP contribution in [0.25, 0.3) is 0 Å². The second-order valence-corrected chi connectivity index (χ2v) is 5.71. The first-order chi connectivity index (χ1) is 8.72. The van der Waals surface area contributed by atoms with Gasteiger partial charge < -0.3 is 5.73 Å². The smallest absolute Gasteiger partial charge is 0.0283 e. The van der Waals surface area contributed by atoms with Crippen LogP contribution >= 0.6 is 0 Å². The molecule has 1 saturated carbocycles. The maximum Gasteiger partial charge on any atom is 0.0283 e. The van der Waals surface area contributed by atoms with E-state index >= 15 is 0 Å². The Morgan fingerprint density at radius 3 is 2.39 bits per heavy atom. The Balaban J connectivity index is 1.92. The maximum atomic E-state index is 6.55. The van der Waals surface area contributed by atoms with Gasteiger partial charge in [0.05, 0.1) is 0 Å². The maximum absolute atomic E-state index is 6.55. The van der Waals surface area contributed by atoms with Crippen LogP contribution in [-0.4, -0.2) is 23.5 Å². The van der Waals surface area contributed by atoms with Crippen molar-refractivity contribution in [3.63, 3.8) is 0 Å². The van der Waals surface area contributed by atoms with Gasteiger partial charge in [-0.05, 0) is 24.9 Å². The van der Waals surface area contributed by atoms with Crippen LogP contribution in [0.4, 0.5) is 0 Å². The Bertz CT molecular complexity index is 341. The molecule has 0 spiro atoms. The molecule has 0 atom stereocenters. The SMILES string of the molecule is CCN(Cc1ccccc1)CC1(N)CCCCC1. The van der Waals surface area contributed by atoms with Gasteiger partial charge in [-0.15, -0.1) is 0 Å². The first-order valence-corrected chi connectivity index (χ1v) is 7.27. The van der Waals surface area contributed by atoms with Crippen molar-refractivity contribution in [3.05, 3.63) is 35.9 Å². The van der Waals surface area contributed by atoms with Gasteiger partial charge in [0.1, 0.15) is 0 Å². The Kier molecular flexibility index (Phi) is 4.79. The van der Waals surface area contributed by atoms with Gasteiger partial charge >= 0.3 is 0 Å².